The van der Waals surface area contributed by atoms with Crippen LogP contribution in [0, 0.1) is 5.82 Å². The van der Waals surface area contributed by atoms with Crippen molar-refractivity contribution >= 4 is 10.0 Å². The second-order valence-electron chi connectivity index (χ2n) is 5.89. The van der Waals surface area contributed by atoms with Gasteiger partial charge in [-0.3, -0.25) is 4.98 Å². The summed E-state index contributed by atoms with van der Waals surface area (Å²) < 4.78 is 38.9. The van der Waals surface area contributed by atoms with E-state index in [0.717, 1.165) is 18.5 Å². The van der Waals surface area contributed by atoms with Crippen molar-refractivity contribution in [3.8, 4) is 11.3 Å². The molecule has 2 heterocycles. The first-order chi connectivity index (χ1) is 10.9. The number of piperidine rings is 1. The molecule has 23 heavy (non-hydrogen) atoms. The number of nitrogens with zero attached hydrogens (tertiary/aromatic N) is 2. The lowest BCUT2D eigenvalue weighted by Crippen LogP contribution is -2.38. The van der Waals surface area contributed by atoms with Crippen molar-refractivity contribution in [2.45, 2.75) is 18.8 Å². The van der Waals surface area contributed by atoms with E-state index in [-0.39, 0.29) is 11.7 Å². The Balaban J connectivity index is 1.90. The first-order valence-corrected chi connectivity index (χ1v) is 9.47. The Morgan fingerprint density at radius 2 is 1.96 bits per heavy atom. The molecule has 2 aromatic rings. The Labute approximate surface area is 136 Å². The molecule has 6 heteroatoms. The number of pyridine rings is 1. The first-order valence-electron chi connectivity index (χ1n) is 7.62. The average Bonchev–Trinajstić information content (AvgIpc) is 2.55. The van der Waals surface area contributed by atoms with Gasteiger partial charge in [-0.1, -0.05) is 18.2 Å². The SMILES string of the molecule is CS(=O)(=O)N1CCC[C@@H](c2cccc(-c3ccccc3F)n2)C1. The van der Waals surface area contributed by atoms with Crippen molar-refractivity contribution in [3.05, 3.63) is 54.0 Å². The highest BCUT2D eigenvalue weighted by Crippen LogP contribution is 2.29. The molecule has 0 saturated carbocycles. The van der Waals surface area contributed by atoms with Gasteiger partial charge >= 0.3 is 0 Å². The highest BCUT2D eigenvalue weighted by Gasteiger charge is 2.27. The van der Waals surface area contributed by atoms with Crippen molar-refractivity contribution in [3.63, 3.8) is 0 Å². The molecule has 1 aromatic heterocycles. The highest BCUT2D eigenvalue weighted by molar-refractivity contribution is 7.88. The summed E-state index contributed by atoms with van der Waals surface area (Å²) in [5.74, 6) is -0.260. The first kappa shape index (κ1) is 16.1. The molecule has 4 nitrogen and oxygen atoms in total. The molecule has 0 radical (unpaired) electrons. The molecule has 1 atom stereocenters. The van der Waals surface area contributed by atoms with Gasteiger partial charge in [0.1, 0.15) is 5.82 Å². The third-order valence-electron chi connectivity index (χ3n) is 4.19. The number of hydrogen-bond donors (Lipinski definition) is 0. The fraction of sp³-hybridized carbons (Fsp3) is 0.353. The molecule has 1 aliphatic heterocycles. The van der Waals surface area contributed by atoms with E-state index < -0.39 is 10.0 Å². The quantitative estimate of drug-likeness (QED) is 0.867. The van der Waals surface area contributed by atoms with Crippen LogP contribution in [0.5, 0.6) is 0 Å². The summed E-state index contributed by atoms with van der Waals surface area (Å²) in [4.78, 5) is 4.58. The molecule has 3 rings (SSSR count). The number of hydrogen-bond acceptors (Lipinski definition) is 3. The van der Waals surface area contributed by atoms with Crippen molar-refractivity contribution < 1.29 is 12.8 Å². The van der Waals surface area contributed by atoms with Crippen LogP contribution >= 0.6 is 0 Å². The summed E-state index contributed by atoms with van der Waals surface area (Å²) in [6, 6.07) is 12.1. The molecule has 1 saturated heterocycles. The molecule has 1 aliphatic rings. The number of sulfonamides is 1. The van der Waals surface area contributed by atoms with Crippen molar-refractivity contribution in [2.24, 2.45) is 0 Å². The third kappa shape index (κ3) is 3.59. The maximum atomic E-state index is 13.9. The van der Waals surface area contributed by atoms with E-state index in [9.17, 15) is 12.8 Å². The van der Waals surface area contributed by atoms with E-state index in [1.54, 1.807) is 24.3 Å². The highest BCUT2D eigenvalue weighted by atomic mass is 32.2. The van der Waals surface area contributed by atoms with Crippen LogP contribution in [-0.4, -0.2) is 37.1 Å². The van der Waals surface area contributed by atoms with Gasteiger partial charge in [-0.2, -0.15) is 0 Å². The van der Waals surface area contributed by atoms with Gasteiger partial charge in [0.25, 0.3) is 0 Å². The van der Waals surface area contributed by atoms with Crippen molar-refractivity contribution in [1.82, 2.24) is 9.29 Å². The van der Waals surface area contributed by atoms with E-state index >= 15 is 0 Å². The van der Waals surface area contributed by atoms with Crippen LogP contribution in [0.4, 0.5) is 4.39 Å². The zero-order valence-corrected chi connectivity index (χ0v) is 13.8. The maximum absolute atomic E-state index is 13.9. The lowest BCUT2D eigenvalue weighted by Gasteiger charge is -2.30. The van der Waals surface area contributed by atoms with Gasteiger partial charge in [-0.25, -0.2) is 17.1 Å². The minimum Gasteiger partial charge on any atom is -0.252 e. The molecule has 0 unspecified atom stereocenters. The van der Waals surface area contributed by atoms with E-state index in [1.165, 1.54) is 16.6 Å². The van der Waals surface area contributed by atoms with E-state index in [0.29, 0.717) is 24.3 Å². The zero-order valence-electron chi connectivity index (χ0n) is 12.9. The normalized spacial score (nSPS) is 19.7. The molecular weight excluding hydrogens is 315 g/mol. The Hall–Kier alpha value is -1.79. The third-order valence-corrected chi connectivity index (χ3v) is 5.46. The van der Waals surface area contributed by atoms with Crippen LogP contribution < -0.4 is 0 Å². The summed E-state index contributed by atoms with van der Waals surface area (Å²) in [7, 11) is -3.19. The molecular formula is C17H19FN2O2S. The second kappa shape index (κ2) is 6.37. The molecule has 122 valence electrons. The van der Waals surface area contributed by atoms with Gasteiger partial charge in [0.2, 0.25) is 10.0 Å². The Morgan fingerprint density at radius 3 is 2.70 bits per heavy atom. The summed E-state index contributed by atoms with van der Waals surface area (Å²) in [6.07, 6.45) is 2.93. The van der Waals surface area contributed by atoms with E-state index in [1.807, 2.05) is 12.1 Å². The van der Waals surface area contributed by atoms with Gasteiger partial charge in [0.15, 0.2) is 0 Å². The van der Waals surface area contributed by atoms with Crippen LogP contribution in [0.1, 0.15) is 24.5 Å². The molecule has 1 fully saturated rings. The van der Waals surface area contributed by atoms with Gasteiger partial charge in [-0.05, 0) is 37.1 Å². The molecule has 1 aromatic carbocycles. The molecule has 0 N–H and O–H groups in total. The van der Waals surface area contributed by atoms with Crippen molar-refractivity contribution in [2.75, 3.05) is 19.3 Å². The molecule has 0 spiro atoms. The van der Waals surface area contributed by atoms with Crippen LogP contribution in [0.2, 0.25) is 0 Å². The standard InChI is InChI=1S/C17H19FN2O2S/c1-23(21,22)20-11-5-6-13(12-20)16-9-4-10-17(19-16)14-7-2-3-8-15(14)18/h2-4,7-10,13H,5-6,11-12H2,1H3/t13-/m1/s1. The second-order valence-corrected chi connectivity index (χ2v) is 7.87. The van der Waals surface area contributed by atoms with E-state index in [2.05, 4.69) is 4.98 Å². The van der Waals surface area contributed by atoms with Crippen LogP contribution in [0.25, 0.3) is 11.3 Å². The van der Waals surface area contributed by atoms with Gasteiger partial charge < -0.3 is 0 Å². The van der Waals surface area contributed by atoms with Gasteiger partial charge in [0, 0.05) is 30.3 Å². The fourth-order valence-electron chi connectivity index (χ4n) is 2.98. The largest absolute Gasteiger partial charge is 0.252 e. The smallest absolute Gasteiger partial charge is 0.211 e. The van der Waals surface area contributed by atoms with Crippen LogP contribution in [-0.2, 0) is 10.0 Å². The zero-order chi connectivity index (χ0) is 16.4. The van der Waals surface area contributed by atoms with Crippen molar-refractivity contribution in [1.29, 1.82) is 0 Å². The minimum atomic E-state index is -3.19. The Morgan fingerprint density at radius 1 is 1.17 bits per heavy atom. The number of halogens is 1. The molecule has 0 bridgehead atoms. The van der Waals surface area contributed by atoms with Gasteiger partial charge in [0.05, 0.1) is 11.9 Å². The number of rotatable bonds is 3. The predicted molar refractivity (Wildman–Crippen MR) is 88.0 cm³/mol. The predicted octanol–water partition coefficient (Wildman–Crippen LogP) is 3.03. The van der Waals surface area contributed by atoms with Crippen LogP contribution in [0.3, 0.4) is 0 Å². The Bertz CT molecular complexity index is 808. The Kier molecular flexibility index (Phi) is 4.46. The number of benzene rings is 1. The average molecular weight is 334 g/mol. The lowest BCUT2D eigenvalue weighted by atomic mass is 9.95. The topological polar surface area (TPSA) is 50.3 Å². The molecule has 0 amide bonds. The van der Waals surface area contributed by atoms with E-state index in [4.69, 9.17) is 0 Å². The summed E-state index contributed by atoms with van der Waals surface area (Å²) in [5, 5.41) is 0. The van der Waals surface area contributed by atoms with Crippen LogP contribution in [0.15, 0.2) is 42.5 Å². The summed E-state index contributed by atoms with van der Waals surface area (Å²) in [5.41, 5.74) is 1.86. The molecule has 0 aliphatic carbocycles. The minimum absolute atomic E-state index is 0.0465. The maximum Gasteiger partial charge on any atom is 0.211 e. The number of aromatic nitrogens is 1. The summed E-state index contributed by atoms with van der Waals surface area (Å²) >= 11 is 0. The lowest BCUT2D eigenvalue weighted by molar-refractivity contribution is 0.314. The monoisotopic (exact) mass is 334 g/mol. The summed E-state index contributed by atoms with van der Waals surface area (Å²) in [6.45, 7) is 0.995. The fourth-order valence-corrected chi connectivity index (χ4v) is 3.89. The van der Waals surface area contributed by atoms with Gasteiger partial charge in [-0.15, -0.1) is 0 Å².